The zero-order valence-corrected chi connectivity index (χ0v) is 15.4. The quantitative estimate of drug-likeness (QED) is 0.599. The van der Waals surface area contributed by atoms with E-state index in [9.17, 15) is 9.59 Å². The molecule has 0 radical (unpaired) electrons. The summed E-state index contributed by atoms with van der Waals surface area (Å²) in [5.41, 5.74) is 2.10. The highest BCUT2D eigenvalue weighted by Crippen LogP contribution is 2.21. The van der Waals surface area contributed by atoms with Crippen LogP contribution in [-0.2, 0) is 11.3 Å². The van der Waals surface area contributed by atoms with Crippen LogP contribution >= 0.6 is 15.9 Å². The summed E-state index contributed by atoms with van der Waals surface area (Å²) in [6, 6.07) is 23.3. The summed E-state index contributed by atoms with van der Waals surface area (Å²) < 4.78 is 6.05. The molecule has 0 aliphatic carbocycles. The lowest BCUT2D eigenvalue weighted by Crippen LogP contribution is -2.16. The van der Waals surface area contributed by atoms with Crippen molar-refractivity contribution < 1.29 is 14.3 Å². The minimum Gasteiger partial charge on any atom is -0.457 e. The zero-order valence-electron chi connectivity index (χ0n) is 13.8. The Bertz CT molecular complexity index is 925. The Hall–Kier alpha value is -2.92. The fourth-order valence-electron chi connectivity index (χ4n) is 2.41. The molecule has 1 N–H and O–H groups in total. The molecule has 0 spiro atoms. The van der Waals surface area contributed by atoms with Gasteiger partial charge in [0.25, 0.3) is 5.91 Å². The third-order valence-corrected chi connectivity index (χ3v) is 4.42. The lowest BCUT2D eigenvalue weighted by Gasteiger charge is -2.11. The monoisotopic (exact) mass is 409 g/mol. The molecule has 0 unspecified atom stereocenters. The number of esters is 1. The van der Waals surface area contributed by atoms with Crippen LogP contribution in [0.4, 0.5) is 5.69 Å². The van der Waals surface area contributed by atoms with Crippen LogP contribution in [0.2, 0.25) is 0 Å². The third-order valence-electron chi connectivity index (χ3n) is 3.73. The van der Waals surface area contributed by atoms with Crippen molar-refractivity contribution in [2.45, 2.75) is 6.61 Å². The molecule has 3 rings (SSSR count). The molecule has 0 atom stereocenters. The van der Waals surface area contributed by atoms with Gasteiger partial charge in [-0.3, -0.25) is 4.79 Å². The predicted octanol–water partition coefficient (Wildman–Crippen LogP) is 5.06. The molecule has 0 bridgehead atoms. The largest absolute Gasteiger partial charge is 0.457 e. The van der Waals surface area contributed by atoms with E-state index < -0.39 is 5.97 Å². The highest BCUT2D eigenvalue weighted by atomic mass is 79.9. The number of carbonyl (C=O) groups is 2. The average molecular weight is 410 g/mol. The molecule has 4 nitrogen and oxygen atoms in total. The minimum absolute atomic E-state index is 0.173. The lowest BCUT2D eigenvalue weighted by atomic mass is 10.1. The maximum absolute atomic E-state index is 12.5. The molecular weight excluding hydrogens is 394 g/mol. The van der Waals surface area contributed by atoms with Crippen LogP contribution in [0.25, 0.3) is 0 Å². The first kappa shape index (κ1) is 17.9. The van der Waals surface area contributed by atoms with Gasteiger partial charge in [-0.1, -0.05) is 54.6 Å². The summed E-state index contributed by atoms with van der Waals surface area (Å²) in [4.78, 5) is 24.9. The smallest absolute Gasteiger partial charge is 0.340 e. The second kappa shape index (κ2) is 8.45. The van der Waals surface area contributed by atoms with Crippen molar-refractivity contribution in [2.75, 3.05) is 5.32 Å². The number of amides is 1. The van der Waals surface area contributed by atoms with Crippen molar-refractivity contribution in [3.05, 3.63) is 100 Å². The van der Waals surface area contributed by atoms with Gasteiger partial charge in [-0.15, -0.1) is 0 Å². The molecular formula is C21H16BrNO3. The predicted molar refractivity (Wildman–Crippen MR) is 104 cm³/mol. The van der Waals surface area contributed by atoms with E-state index in [1.807, 2.05) is 36.4 Å². The third kappa shape index (κ3) is 4.37. The Morgan fingerprint density at radius 1 is 0.808 bits per heavy atom. The van der Waals surface area contributed by atoms with Crippen molar-refractivity contribution >= 4 is 33.5 Å². The highest BCUT2D eigenvalue weighted by Gasteiger charge is 2.16. The molecule has 5 heteroatoms. The number of para-hydroxylation sites is 1. The second-order valence-electron chi connectivity index (χ2n) is 5.54. The summed E-state index contributed by atoms with van der Waals surface area (Å²) in [6.45, 7) is 0.173. The van der Waals surface area contributed by atoms with Gasteiger partial charge in [0.15, 0.2) is 0 Å². The second-order valence-corrected chi connectivity index (χ2v) is 6.40. The van der Waals surface area contributed by atoms with E-state index in [4.69, 9.17) is 4.74 Å². The first-order chi connectivity index (χ1) is 12.6. The standard InChI is InChI=1S/C21H16BrNO3/c22-18-12-6-4-10-16(18)20(24)23-19-13-7-5-11-17(19)21(25)26-14-15-8-2-1-3-9-15/h1-13H,14H2,(H,23,24). The normalized spacial score (nSPS) is 10.2. The number of benzene rings is 3. The molecule has 0 saturated heterocycles. The topological polar surface area (TPSA) is 55.4 Å². The highest BCUT2D eigenvalue weighted by molar-refractivity contribution is 9.10. The maximum atomic E-state index is 12.5. The van der Waals surface area contributed by atoms with Gasteiger partial charge in [0.1, 0.15) is 6.61 Å². The lowest BCUT2D eigenvalue weighted by molar-refractivity contribution is 0.0474. The van der Waals surface area contributed by atoms with Gasteiger partial charge >= 0.3 is 5.97 Å². The Morgan fingerprint density at radius 3 is 2.15 bits per heavy atom. The number of nitrogens with one attached hydrogen (secondary N) is 1. The Morgan fingerprint density at radius 2 is 1.42 bits per heavy atom. The molecule has 3 aromatic carbocycles. The summed E-state index contributed by atoms with van der Waals surface area (Å²) >= 11 is 3.36. The van der Waals surface area contributed by atoms with Gasteiger partial charge in [0.2, 0.25) is 0 Å². The molecule has 130 valence electrons. The van der Waals surface area contributed by atoms with Gasteiger partial charge in [-0.2, -0.15) is 0 Å². The fraction of sp³-hybridized carbons (Fsp3) is 0.0476. The van der Waals surface area contributed by atoms with Crippen LogP contribution < -0.4 is 5.32 Å². The number of halogens is 1. The SMILES string of the molecule is O=C(Nc1ccccc1C(=O)OCc1ccccc1)c1ccccc1Br. The number of ether oxygens (including phenoxy) is 1. The Kier molecular flexibility index (Phi) is 5.81. The first-order valence-corrected chi connectivity index (χ1v) is 8.80. The van der Waals surface area contributed by atoms with E-state index in [2.05, 4.69) is 21.2 Å². The van der Waals surface area contributed by atoms with Crippen molar-refractivity contribution in [3.63, 3.8) is 0 Å². The number of anilines is 1. The summed E-state index contributed by atoms with van der Waals surface area (Å²) in [7, 11) is 0. The van der Waals surface area contributed by atoms with Crippen molar-refractivity contribution in [1.29, 1.82) is 0 Å². The van der Waals surface area contributed by atoms with Crippen LogP contribution in [-0.4, -0.2) is 11.9 Å². The van der Waals surface area contributed by atoms with Crippen LogP contribution in [0, 0.1) is 0 Å². The van der Waals surface area contributed by atoms with Crippen LogP contribution in [0.15, 0.2) is 83.3 Å². The molecule has 1 amide bonds. The van der Waals surface area contributed by atoms with Crippen LogP contribution in [0.1, 0.15) is 26.3 Å². The molecule has 0 heterocycles. The molecule has 3 aromatic rings. The van der Waals surface area contributed by atoms with E-state index in [1.54, 1.807) is 42.5 Å². The maximum Gasteiger partial charge on any atom is 0.340 e. The van der Waals surface area contributed by atoms with Gasteiger partial charge < -0.3 is 10.1 Å². The number of hydrogen-bond donors (Lipinski definition) is 1. The summed E-state index contributed by atoms with van der Waals surface area (Å²) in [5, 5.41) is 2.78. The number of rotatable bonds is 5. The molecule has 26 heavy (non-hydrogen) atoms. The molecule has 0 aliphatic rings. The Balaban J connectivity index is 1.74. The van der Waals surface area contributed by atoms with Gasteiger partial charge in [0, 0.05) is 4.47 Å². The number of hydrogen-bond acceptors (Lipinski definition) is 3. The summed E-state index contributed by atoms with van der Waals surface area (Å²) in [6.07, 6.45) is 0. The van der Waals surface area contributed by atoms with E-state index in [0.717, 1.165) is 5.56 Å². The molecule has 0 fully saturated rings. The fourth-order valence-corrected chi connectivity index (χ4v) is 2.87. The van der Waals surface area contributed by atoms with E-state index >= 15 is 0 Å². The minimum atomic E-state index is -0.489. The van der Waals surface area contributed by atoms with E-state index in [1.165, 1.54) is 0 Å². The van der Waals surface area contributed by atoms with Gasteiger partial charge in [-0.25, -0.2) is 4.79 Å². The zero-order chi connectivity index (χ0) is 18.4. The Labute approximate surface area is 159 Å². The summed E-state index contributed by atoms with van der Waals surface area (Å²) in [5.74, 6) is -0.794. The number of carbonyl (C=O) groups excluding carboxylic acids is 2. The van der Waals surface area contributed by atoms with E-state index in [0.29, 0.717) is 21.3 Å². The van der Waals surface area contributed by atoms with Gasteiger partial charge in [-0.05, 0) is 45.8 Å². The molecule has 0 saturated carbocycles. The first-order valence-electron chi connectivity index (χ1n) is 8.01. The van der Waals surface area contributed by atoms with Crippen molar-refractivity contribution in [2.24, 2.45) is 0 Å². The van der Waals surface area contributed by atoms with Crippen molar-refractivity contribution in [3.8, 4) is 0 Å². The molecule has 0 aliphatic heterocycles. The average Bonchev–Trinajstić information content (AvgIpc) is 2.67. The van der Waals surface area contributed by atoms with Crippen LogP contribution in [0.5, 0.6) is 0 Å². The van der Waals surface area contributed by atoms with E-state index in [-0.39, 0.29) is 12.5 Å². The van der Waals surface area contributed by atoms with Crippen molar-refractivity contribution in [1.82, 2.24) is 0 Å². The molecule has 0 aromatic heterocycles. The van der Waals surface area contributed by atoms with Gasteiger partial charge in [0.05, 0.1) is 16.8 Å². The van der Waals surface area contributed by atoms with Crippen LogP contribution in [0.3, 0.4) is 0 Å².